The van der Waals surface area contributed by atoms with E-state index in [1.54, 1.807) is 0 Å². The zero-order chi connectivity index (χ0) is 14.3. The predicted octanol–water partition coefficient (Wildman–Crippen LogP) is 2.62. The van der Waals surface area contributed by atoms with Crippen molar-refractivity contribution >= 4 is 5.97 Å². The van der Waals surface area contributed by atoms with Crippen LogP contribution >= 0.6 is 0 Å². The van der Waals surface area contributed by atoms with E-state index in [1.165, 1.54) is 19.3 Å². The summed E-state index contributed by atoms with van der Waals surface area (Å²) in [7, 11) is 0. The predicted molar refractivity (Wildman–Crippen MR) is 76.3 cm³/mol. The molecule has 0 aliphatic carbocycles. The van der Waals surface area contributed by atoms with Gasteiger partial charge in [-0.05, 0) is 57.5 Å². The van der Waals surface area contributed by atoms with Crippen molar-refractivity contribution in [3.8, 4) is 0 Å². The second kappa shape index (κ2) is 8.54. The van der Waals surface area contributed by atoms with Crippen LogP contribution in [0.25, 0.3) is 0 Å². The molecule has 0 saturated carbocycles. The molecule has 0 radical (unpaired) electrons. The van der Waals surface area contributed by atoms with Crippen molar-refractivity contribution in [1.82, 2.24) is 4.90 Å². The molecule has 0 aromatic rings. The minimum Gasteiger partial charge on any atom is -0.479 e. The van der Waals surface area contributed by atoms with E-state index in [2.05, 4.69) is 18.7 Å². The summed E-state index contributed by atoms with van der Waals surface area (Å²) >= 11 is 0. The molecular weight excluding hydrogens is 242 g/mol. The number of ether oxygens (including phenoxy) is 1. The van der Waals surface area contributed by atoms with Crippen LogP contribution in [0, 0.1) is 11.8 Å². The quantitative estimate of drug-likeness (QED) is 0.773. The van der Waals surface area contributed by atoms with Gasteiger partial charge in [-0.25, -0.2) is 4.79 Å². The Morgan fingerprint density at radius 2 is 2.11 bits per heavy atom. The molecule has 4 heteroatoms. The highest BCUT2D eigenvalue weighted by Crippen LogP contribution is 2.24. The molecule has 4 nitrogen and oxygen atoms in total. The van der Waals surface area contributed by atoms with Crippen molar-refractivity contribution in [3.05, 3.63) is 0 Å². The molecule has 1 N–H and O–H groups in total. The van der Waals surface area contributed by atoms with E-state index in [4.69, 9.17) is 9.84 Å². The fraction of sp³-hybridized carbons (Fsp3) is 0.933. The Morgan fingerprint density at radius 1 is 1.37 bits per heavy atom. The molecule has 2 atom stereocenters. The summed E-state index contributed by atoms with van der Waals surface area (Å²) in [6.45, 7) is 9.94. The molecule has 1 aliphatic rings. The van der Waals surface area contributed by atoms with Gasteiger partial charge in [-0.1, -0.05) is 13.8 Å². The van der Waals surface area contributed by atoms with Gasteiger partial charge in [0.1, 0.15) is 0 Å². The first kappa shape index (κ1) is 16.4. The molecule has 2 unspecified atom stereocenters. The number of carboxylic acid groups (broad SMARTS) is 1. The van der Waals surface area contributed by atoms with Gasteiger partial charge in [0.25, 0.3) is 0 Å². The number of carboxylic acids is 1. The lowest BCUT2D eigenvalue weighted by molar-refractivity contribution is -0.150. The molecule has 0 bridgehead atoms. The maximum absolute atomic E-state index is 11.0. The van der Waals surface area contributed by atoms with E-state index < -0.39 is 12.1 Å². The summed E-state index contributed by atoms with van der Waals surface area (Å²) in [5.41, 5.74) is 0. The first-order chi connectivity index (χ1) is 9.04. The number of rotatable bonds is 7. The van der Waals surface area contributed by atoms with E-state index in [-0.39, 0.29) is 0 Å². The maximum Gasteiger partial charge on any atom is 0.332 e. The van der Waals surface area contributed by atoms with Crippen molar-refractivity contribution in [2.75, 3.05) is 26.2 Å². The Bertz CT molecular complexity index is 268. The number of hydrogen-bond donors (Lipinski definition) is 1. The van der Waals surface area contributed by atoms with E-state index in [0.29, 0.717) is 13.0 Å². The molecule has 1 heterocycles. The normalized spacial score (nSPS) is 23.3. The van der Waals surface area contributed by atoms with Gasteiger partial charge in [0.15, 0.2) is 6.10 Å². The maximum atomic E-state index is 11.0. The average Bonchev–Trinajstić information content (AvgIpc) is 2.59. The Morgan fingerprint density at radius 3 is 2.68 bits per heavy atom. The van der Waals surface area contributed by atoms with Crippen molar-refractivity contribution in [3.63, 3.8) is 0 Å². The zero-order valence-electron chi connectivity index (χ0n) is 12.6. The molecule has 1 rings (SSSR count). The van der Waals surface area contributed by atoms with Crippen LogP contribution in [-0.4, -0.2) is 48.3 Å². The van der Waals surface area contributed by atoms with Crippen LogP contribution in [0.5, 0.6) is 0 Å². The van der Waals surface area contributed by atoms with E-state index >= 15 is 0 Å². The number of nitrogens with zero attached hydrogens (tertiary/aromatic N) is 1. The van der Waals surface area contributed by atoms with Gasteiger partial charge in [-0.2, -0.15) is 0 Å². The Kier molecular flexibility index (Phi) is 7.39. The summed E-state index contributed by atoms with van der Waals surface area (Å²) in [4.78, 5) is 13.4. The van der Waals surface area contributed by atoms with Crippen molar-refractivity contribution in [1.29, 1.82) is 0 Å². The van der Waals surface area contributed by atoms with Gasteiger partial charge in [0.05, 0.1) is 0 Å². The van der Waals surface area contributed by atoms with Gasteiger partial charge < -0.3 is 14.7 Å². The van der Waals surface area contributed by atoms with Crippen LogP contribution in [0.4, 0.5) is 0 Å². The molecule has 0 aromatic heterocycles. The largest absolute Gasteiger partial charge is 0.479 e. The lowest BCUT2D eigenvalue weighted by Gasteiger charge is -2.22. The molecule has 1 aliphatic heterocycles. The number of carbonyl (C=O) groups is 1. The lowest BCUT2D eigenvalue weighted by Crippen LogP contribution is -2.32. The summed E-state index contributed by atoms with van der Waals surface area (Å²) < 4.78 is 5.26. The molecule has 1 fully saturated rings. The van der Waals surface area contributed by atoms with Crippen molar-refractivity contribution < 1.29 is 14.6 Å². The molecular formula is C15H29NO3. The van der Waals surface area contributed by atoms with Crippen molar-refractivity contribution in [2.24, 2.45) is 11.8 Å². The summed E-state index contributed by atoms with van der Waals surface area (Å²) in [5.74, 6) is 0.749. The first-order valence-corrected chi connectivity index (χ1v) is 7.61. The van der Waals surface area contributed by atoms with Gasteiger partial charge in [-0.15, -0.1) is 0 Å². The molecule has 0 aromatic carbocycles. The SMILES string of the molecule is CCOC(CCN1CCCC(C(C)C)CC1)C(=O)O. The average molecular weight is 271 g/mol. The number of aliphatic carboxylic acids is 1. The molecule has 19 heavy (non-hydrogen) atoms. The second-order valence-electron chi connectivity index (χ2n) is 5.85. The topological polar surface area (TPSA) is 49.8 Å². The third-order valence-corrected chi connectivity index (χ3v) is 4.16. The van der Waals surface area contributed by atoms with Gasteiger partial charge in [0.2, 0.25) is 0 Å². The van der Waals surface area contributed by atoms with Gasteiger partial charge >= 0.3 is 5.97 Å². The highest BCUT2D eigenvalue weighted by Gasteiger charge is 2.22. The second-order valence-corrected chi connectivity index (χ2v) is 5.85. The minimum atomic E-state index is -0.836. The standard InChI is InChI=1S/C15H29NO3/c1-4-19-14(15(17)18)8-11-16-9-5-6-13(7-10-16)12(2)3/h12-14H,4-11H2,1-3H3,(H,17,18). The monoisotopic (exact) mass is 271 g/mol. The van der Waals surface area contributed by atoms with Crippen LogP contribution in [0.1, 0.15) is 46.5 Å². The van der Waals surface area contributed by atoms with Crippen LogP contribution < -0.4 is 0 Å². The van der Waals surface area contributed by atoms with E-state index in [9.17, 15) is 4.79 Å². The molecule has 112 valence electrons. The van der Waals surface area contributed by atoms with Crippen LogP contribution in [0.2, 0.25) is 0 Å². The minimum absolute atomic E-state index is 0.465. The fourth-order valence-electron chi connectivity index (χ4n) is 2.85. The third kappa shape index (κ3) is 5.91. The number of hydrogen-bond acceptors (Lipinski definition) is 3. The highest BCUT2D eigenvalue weighted by molar-refractivity contribution is 5.72. The Labute approximate surface area is 117 Å². The first-order valence-electron chi connectivity index (χ1n) is 7.61. The van der Waals surface area contributed by atoms with E-state index in [0.717, 1.165) is 31.5 Å². The zero-order valence-corrected chi connectivity index (χ0v) is 12.6. The van der Waals surface area contributed by atoms with Crippen LogP contribution in [0.15, 0.2) is 0 Å². The number of likely N-dealkylation sites (tertiary alicyclic amines) is 1. The summed E-state index contributed by atoms with van der Waals surface area (Å²) in [6, 6.07) is 0. The molecule has 1 saturated heterocycles. The van der Waals surface area contributed by atoms with Gasteiger partial charge in [-0.3, -0.25) is 0 Å². The smallest absolute Gasteiger partial charge is 0.332 e. The summed E-state index contributed by atoms with van der Waals surface area (Å²) in [5, 5.41) is 9.06. The lowest BCUT2D eigenvalue weighted by atomic mass is 9.89. The van der Waals surface area contributed by atoms with Crippen LogP contribution in [-0.2, 0) is 9.53 Å². The van der Waals surface area contributed by atoms with E-state index in [1.807, 2.05) is 6.92 Å². The highest BCUT2D eigenvalue weighted by atomic mass is 16.5. The Hall–Kier alpha value is -0.610. The van der Waals surface area contributed by atoms with Crippen molar-refractivity contribution in [2.45, 2.75) is 52.6 Å². The van der Waals surface area contributed by atoms with Gasteiger partial charge in [0, 0.05) is 13.2 Å². The molecule has 0 spiro atoms. The Balaban J connectivity index is 2.34. The summed E-state index contributed by atoms with van der Waals surface area (Å²) in [6.07, 6.45) is 3.73. The van der Waals surface area contributed by atoms with Crippen LogP contribution in [0.3, 0.4) is 0 Å². The molecule has 0 amide bonds. The fourth-order valence-corrected chi connectivity index (χ4v) is 2.85. The third-order valence-electron chi connectivity index (χ3n) is 4.16.